The van der Waals surface area contributed by atoms with Gasteiger partial charge in [0.05, 0.1) is 24.6 Å². The maximum Gasteiger partial charge on any atom is 0.272 e. The van der Waals surface area contributed by atoms with Crippen molar-refractivity contribution >= 4 is 29.1 Å². The average Bonchev–Trinajstić information content (AvgIpc) is 3.33. The largest absolute Gasteiger partial charge is 0.379 e. The second-order valence-electron chi connectivity index (χ2n) is 9.93. The molecular formula is C25H37N11O4. The van der Waals surface area contributed by atoms with Gasteiger partial charge in [0.15, 0.2) is 5.66 Å². The molecular weight excluding hydrogens is 518 g/mol. The minimum atomic E-state index is -0.449. The highest BCUT2D eigenvalue weighted by Gasteiger charge is 2.33. The summed E-state index contributed by atoms with van der Waals surface area (Å²) in [6, 6.07) is 3.20. The quantitative estimate of drug-likeness (QED) is 0.117. The number of carbonyl (C=O) groups is 3. The number of nitrogens with zero attached hydrogens (tertiary/aromatic N) is 8. The average molecular weight is 556 g/mol. The van der Waals surface area contributed by atoms with Crippen LogP contribution in [-0.4, -0.2) is 84.4 Å². The van der Waals surface area contributed by atoms with Gasteiger partial charge in [-0.2, -0.15) is 10.2 Å². The second kappa shape index (κ2) is 14.3. The fraction of sp³-hybridized carbons (Fsp3) is 0.560. The van der Waals surface area contributed by atoms with Crippen molar-refractivity contribution < 1.29 is 19.1 Å². The van der Waals surface area contributed by atoms with E-state index in [4.69, 9.17) is 10.3 Å². The zero-order valence-corrected chi connectivity index (χ0v) is 23.4. The molecule has 0 bridgehead atoms. The Balaban J connectivity index is 1.63. The van der Waals surface area contributed by atoms with Crippen LogP contribution in [0.15, 0.2) is 39.9 Å². The van der Waals surface area contributed by atoms with Gasteiger partial charge in [0, 0.05) is 56.8 Å². The standard InChI is InChI=1S/C25H37N11O4/c1-25(31-32-25)7-6-22(37)29-18-14-20(35(4)16-18)24(39)30-19-15-21(23(38)27-8-5-10-34(2)3)36(17-19)11-13-40-12-9-28-33-26/h14-17H,5-13H2,1-4H3,(H,27,38)(H,29,37)(H,30,39). The maximum atomic E-state index is 13.1. The number of aromatic nitrogens is 2. The van der Waals surface area contributed by atoms with E-state index in [-0.39, 0.29) is 38.0 Å². The van der Waals surface area contributed by atoms with Crippen molar-refractivity contribution in [3.63, 3.8) is 0 Å². The molecule has 40 heavy (non-hydrogen) atoms. The number of anilines is 2. The van der Waals surface area contributed by atoms with E-state index in [9.17, 15) is 14.4 Å². The van der Waals surface area contributed by atoms with Gasteiger partial charge in [-0.05, 0) is 51.6 Å². The molecule has 15 heteroatoms. The summed E-state index contributed by atoms with van der Waals surface area (Å²) in [5.41, 5.74) is 9.57. The summed E-state index contributed by atoms with van der Waals surface area (Å²) in [5, 5.41) is 19.8. The Bertz CT molecular complexity index is 1270. The molecule has 216 valence electrons. The molecule has 0 aliphatic carbocycles. The molecule has 1 aliphatic rings. The van der Waals surface area contributed by atoms with Crippen LogP contribution < -0.4 is 16.0 Å². The van der Waals surface area contributed by atoms with Gasteiger partial charge in [-0.1, -0.05) is 5.11 Å². The Morgan fingerprint density at radius 2 is 1.82 bits per heavy atom. The lowest BCUT2D eigenvalue weighted by Crippen LogP contribution is -2.29. The third-order valence-corrected chi connectivity index (χ3v) is 6.12. The highest BCUT2D eigenvalue weighted by atomic mass is 16.5. The summed E-state index contributed by atoms with van der Waals surface area (Å²) in [6.45, 7) is 4.32. The lowest BCUT2D eigenvalue weighted by molar-refractivity contribution is -0.116. The lowest BCUT2D eigenvalue weighted by atomic mass is 10.1. The molecule has 3 rings (SSSR count). The van der Waals surface area contributed by atoms with Gasteiger partial charge in [-0.3, -0.25) is 14.4 Å². The first-order valence-corrected chi connectivity index (χ1v) is 13.0. The summed E-state index contributed by atoms with van der Waals surface area (Å²) >= 11 is 0. The Hall–Kier alpha value is -4.20. The van der Waals surface area contributed by atoms with E-state index in [1.165, 1.54) is 0 Å². The first-order chi connectivity index (χ1) is 19.1. The zero-order chi connectivity index (χ0) is 29.1. The fourth-order valence-corrected chi connectivity index (χ4v) is 3.87. The number of carbonyl (C=O) groups excluding carboxylic acids is 3. The van der Waals surface area contributed by atoms with Gasteiger partial charge in [-0.15, -0.1) is 0 Å². The van der Waals surface area contributed by atoms with Crippen molar-refractivity contribution in [3.05, 3.63) is 46.4 Å². The number of aryl methyl sites for hydroxylation is 1. The normalized spacial score (nSPS) is 13.1. The summed E-state index contributed by atoms with van der Waals surface area (Å²) < 4.78 is 8.81. The Labute approximate surface area is 232 Å². The van der Waals surface area contributed by atoms with Gasteiger partial charge < -0.3 is 34.7 Å². The summed E-state index contributed by atoms with van der Waals surface area (Å²) in [6.07, 6.45) is 4.92. The third kappa shape index (κ3) is 9.52. The van der Waals surface area contributed by atoms with E-state index in [0.29, 0.717) is 42.3 Å². The number of rotatable bonds is 17. The van der Waals surface area contributed by atoms with E-state index >= 15 is 0 Å². The van der Waals surface area contributed by atoms with Crippen LogP contribution in [0.3, 0.4) is 0 Å². The van der Waals surface area contributed by atoms with Crippen molar-refractivity contribution in [2.45, 2.75) is 38.4 Å². The first kappa shape index (κ1) is 30.3. The molecule has 0 atom stereocenters. The fourth-order valence-electron chi connectivity index (χ4n) is 3.87. The van der Waals surface area contributed by atoms with Gasteiger partial charge in [0.1, 0.15) is 11.4 Å². The highest BCUT2D eigenvalue weighted by Crippen LogP contribution is 2.32. The highest BCUT2D eigenvalue weighted by molar-refractivity contribution is 6.05. The number of hydrogen-bond acceptors (Lipinski definition) is 8. The minimum Gasteiger partial charge on any atom is -0.379 e. The summed E-state index contributed by atoms with van der Waals surface area (Å²) in [4.78, 5) is 43.0. The van der Waals surface area contributed by atoms with Gasteiger partial charge in [0.25, 0.3) is 11.8 Å². The molecule has 2 aromatic heterocycles. The molecule has 0 unspecified atom stereocenters. The van der Waals surface area contributed by atoms with Crippen LogP contribution in [0.5, 0.6) is 0 Å². The van der Waals surface area contributed by atoms with E-state index in [1.807, 2.05) is 25.9 Å². The van der Waals surface area contributed by atoms with E-state index in [2.05, 4.69) is 36.2 Å². The summed E-state index contributed by atoms with van der Waals surface area (Å²) in [5.74, 6) is -0.847. The van der Waals surface area contributed by atoms with Crippen LogP contribution >= 0.6 is 0 Å². The number of hydrogen-bond donors (Lipinski definition) is 3. The summed E-state index contributed by atoms with van der Waals surface area (Å²) in [7, 11) is 5.64. The topological polar surface area (TPSA) is 183 Å². The molecule has 0 fully saturated rings. The molecule has 1 aliphatic heterocycles. The van der Waals surface area contributed by atoms with Gasteiger partial charge >= 0.3 is 0 Å². The second-order valence-corrected chi connectivity index (χ2v) is 9.93. The van der Waals surface area contributed by atoms with Crippen LogP contribution in [0.1, 0.15) is 47.2 Å². The molecule has 3 heterocycles. The minimum absolute atomic E-state index is 0.184. The third-order valence-electron chi connectivity index (χ3n) is 6.12. The number of ether oxygens (including phenoxy) is 1. The number of amides is 3. The molecule has 0 aromatic carbocycles. The van der Waals surface area contributed by atoms with Crippen molar-refractivity contribution in [1.29, 1.82) is 0 Å². The van der Waals surface area contributed by atoms with Crippen LogP contribution in [-0.2, 0) is 23.1 Å². The van der Waals surface area contributed by atoms with Crippen LogP contribution in [0.2, 0.25) is 0 Å². The van der Waals surface area contributed by atoms with Crippen molar-refractivity contribution in [2.75, 3.05) is 57.6 Å². The molecule has 0 saturated carbocycles. The van der Waals surface area contributed by atoms with Crippen molar-refractivity contribution in [1.82, 2.24) is 19.4 Å². The number of nitrogens with one attached hydrogen (secondary N) is 3. The Morgan fingerprint density at radius 3 is 2.52 bits per heavy atom. The van der Waals surface area contributed by atoms with Crippen LogP contribution in [0, 0.1) is 0 Å². The SMILES string of the molecule is CN(C)CCCNC(=O)c1cc(NC(=O)c2cc(NC(=O)CCC3(C)N=N3)cn2C)cn1CCOCCN=[N+]=[N-]. The number of azide groups is 1. The van der Waals surface area contributed by atoms with E-state index in [0.717, 1.165) is 13.0 Å². The molecule has 2 aromatic rings. The van der Waals surface area contributed by atoms with Crippen LogP contribution in [0.4, 0.5) is 11.4 Å². The molecule has 0 saturated heterocycles. The Kier molecular flexibility index (Phi) is 10.8. The van der Waals surface area contributed by atoms with Gasteiger partial charge in [-0.25, -0.2) is 0 Å². The van der Waals surface area contributed by atoms with Gasteiger partial charge in [0.2, 0.25) is 5.91 Å². The van der Waals surface area contributed by atoms with E-state index < -0.39 is 11.6 Å². The molecule has 0 radical (unpaired) electrons. The monoisotopic (exact) mass is 555 g/mol. The zero-order valence-electron chi connectivity index (χ0n) is 23.4. The predicted molar refractivity (Wildman–Crippen MR) is 149 cm³/mol. The van der Waals surface area contributed by atoms with Crippen molar-refractivity contribution in [3.8, 4) is 0 Å². The lowest BCUT2D eigenvalue weighted by Gasteiger charge is -2.11. The van der Waals surface area contributed by atoms with Crippen molar-refractivity contribution in [2.24, 2.45) is 22.4 Å². The predicted octanol–water partition coefficient (Wildman–Crippen LogP) is 2.99. The maximum absolute atomic E-state index is 13.1. The molecule has 0 spiro atoms. The van der Waals surface area contributed by atoms with Crippen LogP contribution in [0.25, 0.3) is 10.4 Å². The first-order valence-electron chi connectivity index (χ1n) is 13.0. The smallest absolute Gasteiger partial charge is 0.272 e. The molecule has 3 amide bonds. The Morgan fingerprint density at radius 1 is 1.10 bits per heavy atom. The molecule has 3 N–H and O–H groups in total. The van der Waals surface area contributed by atoms with E-state index in [1.54, 1.807) is 40.7 Å². The molecule has 15 nitrogen and oxygen atoms in total.